The van der Waals surface area contributed by atoms with Crippen LogP contribution in [0.3, 0.4) is 0 Å². The van der Waals surface area contributed by atoms with Gasteiger partial charge in [-0.3, -0.25) is 14.5 Å². The molecular formula is C18H33N3O3. The summed E-state index contributed by atoms with van der Waals surface area (Å²) in [4.78, 5) is 28.6. The number of amides is 2. The maximum absolute atomic E-state index is 12.2. The van der Waals surface area contributed by atoms with E-state index in [1.807, 2.05) is 4.90 Å². The Balaban J connectivity index is 1.56. The van der Waals surface area contributed by atoms with E-state index in [-0.39, 0.29) is 17.7 Å². The fourth-order valence-electron chi connectivity index (χ4n) is 3.36. The van der Waals surface area contributed by atoms with E-state index in [1.165, 1.54) is 0 Å². The van der Waals surface area contributed by atoms with Crippen molar-refractivity contribution in [3.8, 4) is 0 Å². The highest BCUT2D eigenvalue weighted by Crippen LogP contribution is 2.18. The van der Waals surface area contributed by atoms with E-state index in [9.17, 15) is 9.59 Å². The Hall–Kier alpha value is -1.14. The van der Waals surface area contributed by atoms with Crippen LogP contribution < -0.4 is 5.32 Å². The van der Waals surface area contributed by atoms with Crippen LogP contribution in [0.15, 0.2) is 0 Å². The van der Waals surface area contributed by atoms with Crippen LogP contribution in [0.1, 0.15) is 45.4 Å². The van der Waals surface area contributed by atoms with Gasteiger partial charge in [-0.05, 0) is 32.2 Å². The number of nitrogens with zero attached hydrogens (tertiary/aromatic N) is 2. The molecule has 0 radical (unpaired) electrons. The molecule has 2 amide bonds. The summed E-state index contributed by atoms with van der Waals surface area (Å²) in [7, 11) is 0. The first-order valence-corrected chi connectivity index (χ1v) is 9.56. The quantitative estimate of drug-likeness (QED) is 0.676. The van der Waals surface area contributed by atoms with Gasteiger partial charge in [-0.15, -0.1) is 0 Å². The Morgan fingerprint density at radius 2 is 1.79 bits per heavy atom. The average molecular weight is 339 g/mol. The summed E-state index contributed by atoms with van der Waals surface area (Å²) in [6.07, 6.45) is 5.24. The van der Waals surface area contributed by atoms with Crippen molar-refractivity contribution < 1.29 is 14.3 Å². The number of likely N-dealkylation sites (tertiary alicyclic amines) is 1. The molecule has 0 spiro atoms. The van der Waals surface area contributed by atoms with Crippen LogP contribution in [0.4, 0.5) is 0 Å². The number of rotatable bonds is 8. The monoisotopic (exact) mass is 339 g/mol. The van der Waals surface area contributed by atoms with Crippen molar-refractivity contribution >= 4 is 11.8 Å². The zero-order valence-corrected chi connectivity index (χ0v) is 15.1. The third kappa shape index (κ3) is 6.40. The van der Waals surface area contributed by atoms with Crippen molar-refractivity contribution in [1.82, 2.24) is 15.1 Å². The number of hydrogen-bond donors (Lipinski definition) is 1. The molecule has 24 heavy (non-hydrogen) atoms. The normalized spacial score (nSPS) is 20.1. The van der Waals surface area contributed by atoms with Gasteiger partial charge in [-0.2, -0.15) is 0 Å². The van der Waals surface area contributed by atoms with Crippen molar-refractivity contribution in [2.24, 2.45) is 5.92 Å². The maximum Gasteiger partial charge on any atom is 0.223 e. The Morgan fingerprint density at radius 3 is 2.46 bits per heavy atom. The molecule has 2 rings (SSSR count). The van der Waals surface area contributed by atoms with Crippen molar-refractivity contribution in [2.75, 3.05) is 52.5 Å². The van der Waals surface area contributed by atoms with Crippen LogP contribution in [0, 0.1) is 5.92 Å². The van der Waals surface area contributed by atoms with E-state index in [1.54, 1.807) is 0 Å². The van der Waals surface area contributed by atoms with Gasteiger partial charge in [0.25, 0.3) is 0 Å². The number of morpholine rings is 1. The smallest absolute Gasteiger partial charge is 0.223 e. The standard InChI is InChI=1S/C18H33N3O3/c1-2-3-5-17(22)21-10-6-16(7-11-21)18(23)19-8-4-9-20-12-14-24-15-13-20/h16H,2-15H2,1H3,(H,19,23). The number of carbonyl (C=O) groups is 2. The van der Waals surface area contributed by atoms with E-state index in [2.05, 4.69) is 17.1 Å². The lowest BCUT2D eigenvalue weighted by molar-refractivity contribution is -0.135. The molecule has 0 bridgehead atoms. The molecule has 0 aromatic carbocycles. The Morgan fingerprint density at radius 1 is 1.08 bits per heavy atom. The minimum absolute atomic E-state index is 0.0728. The summed E-state index contributed by atoms with van der Waals surface area (Å²) < 4.78 is 5.33. The number of hydrogen-bond acceptors (Lipinski definition) is 4. The van der Waals surface area contributed by atoms with Crippen LogP contribution in [-0.4, -0.2) is 74.1 Å². The molecule has 0 aromatic rings. The number of unbranched alkanes of at least 4 members (excludes halogenated alkanes) is 1. The summed E-state index contributed by atoms with van der Waals surface area (Å²) >= 11 is 0. The van der Waals surface area contributed by atoms with Crippen molar-refractivity contribution in [3.05, 3.63) is 0 Å². The highest BCUT2D eigenvalue weighted by Gasteiger charge is 2.26. The second kappa shape index (κ2) is 10.7. The van der Waals surface area contributed by atoms with E-state index in [0.29, 0.717) is 6.42 Å². The SMILES string of the molecule is CCCCC(=O)N1CCC(C(=O)NCCCN2CCOCC2)CC1. The molecule has 2 aliphatic heterocycles. The van der Waals surface area contributed by atoms with Crippen LogP contribution in [0.5, 0.6) is 0 Å². The second-order valence-corrected chi connectivity index (χ2v) is 6.86. The third-order valence-electron chi connectivity index (χ3n) is 5.02. The van der Waals surface area contributed by atoms with Gasteiger partial charge in [-0.25, -0.2) is 0 Å². The molecule has 0 aliphatic carbocycles. The lowest BCUT2D eigenvalue weighted by Gasteiger charge is -2.31. The number of carbonyl (C=O) groups excluding carboxylic acids is 2. The lowest BCUT2D eigenvalue weighted by Crippen LogP contribution is -2.43. The average Bonchev–Trinajstić information content (AvgIpc) is 2.64. The molecule has 2 fully saturated rings. The van der Waals surface area contributed by atoms with Crippen molar-refractivity contribution in [1.29, 1.82) is 0 Å². The maximum atomic E-state index is 12.2. The Kier molecular flexibility index (Phi) is 8.53. The van der Waals surface area contributed by atoms with Crippen LogP contribution in [0.25, 0.3) is 0 Å². The minimum atomic E-state index is 0.0728. The third-order valence-corrected chi connectivity index (χ3v) is 5.02. The van der Waals surface area contributed by atoms with Crippen molar-refractivity contribution in [2.45, 2.75) is 45.4 Å². The molecule has 2 heterocycles. The van der Waals surface area contributed by atoms with Gasteiger partial charge in [0.15, 0.2) is 0 Å². The first-order chi connectivity index (χ1) is 11.7. The first kappa shape index (κ1) is 19.2. The lowest BCUT2D eigenvalue weighted by atomic mass is 9.95. The number of ether oxygens (including phenoxy) is 1. The van der Waals surface area contributed by atoms with Gasteiger partial charge in [-0.1, -0.05) is 13.3 Å². The largest absolute Gasteiger partial charge is 0.379 e. The predicted octanol–water partition coefficient (Wildman–Crippen LogP) is 1.25. The summed E-state index contributed by atoms with van der Waals surface area (Å²) in [6, 6.07) is 0. The molecule has 6 heteroatoms. The van der Waals surface area contributed by atoms with Crippen LogP contribution in [-0.2, 0) is 14.3 Å². The second-order valence-electron chi connectivity index (χ2n) is 6.86. The summed E-state index contributed by atoms with van der Waals surface area (Å²) in [5.74, 6) is 0.488. The summed E-state index contributed by atoms with van der Waals surface area (Å²) in [6.45, 7) is 8.96. The van der Waals surface area contributed by atoms with Gasteiger partial charge in [0.2, 0.25) is 11.8 Å². The fourth-order valence-corrected chi connectivity index (χ4v) is 3.36. The summed E-state index contributed by atoms with van der Waals surface area (Å²) in [5.41, 5.74) is 0. The number of piperidine rings is 1. The fraction of sp³-hybridized carbons (Fsp3) is 0.889. The minimum Gasteiger partial charge on any atom is -0.379 e. The molecule has 138 valence electrons. The van der Waals surface area contributed by atoms with Gasteiger partial charge < -0.3 is 15.0 Å². The molecule has 6 nitrogen and oxygen atoms in total. The Bertz CT molecular complexity index is 389. The van der Waals surface area contributed by atoms with Gasteiger partial charge in [0.1, 0.15) is 0 Å². The topological polar surface area (TPSA) is 61.9 Å². The molecule has 0 atom stereocenters. The summed E-state index contributed by atoms with van der Waals surface area (Å²) in [5, 5.41) is 3.07. The molecule has 0 saturated carbocycles. The molecule has 2 saturated heterocycles. The molecule has 0 unspecified atom stereocenters. The highest BCUT2D eigenvalue weighted by molar-refractivity contribution is 5.80. The first-order valence-electron chi connectivity index (χ1n) is 9.56. The van der Waals surface area contributed by atoms with Crippen LogP contribution in [0.2, 0.25) is 0 Å². The molecule has 0 aromatic heterocycles. The van der Waals surface area contributed by atoms with Gasteiger partial charge >= 0.3 is 0 Å². The molecule has 2 aliphatic rings. The van der Waals surface area contributed by atoms with E-state index < -0.39 is 0 Å². The zero-order chi connectivity index (χ0) is 17.2. The molecular weight excluding hydrogens is 306 g/mol. The number of nitrogens with one attached hydrogen (secondary N) is 1. The predicted molar refractivity (Wildman–Crippen MR) is 93.7 cm³/mol. The molecule has 1 N–H and O–H groups in total. The highest BCUT2D eigenvalue weighted by atomic mass is 16.5. The van der Waals surface area contributed by atoms with Gasteiger partial charge in [0.05, 0.1) is 13.2 Å². The zero-order valence-electron chi connectivity index (χ0n) is 15.1. The van der Waals surface area contributed by atoms with Gasteiger partial charge in [0, 0.05) is 45.1 Å². The van der Waals surface area contributed by atoms with E-state index >= 15 is 0 Å². The van der Waals surface area contributed by atoms with Crippen molar-refractivity contribution in [3.63, 3.8) is 0 Å². The Labute approximate surface area is 145 Å². The van der Waals surface area contributed by atoms with E-state index in [4.69, 9.17) is 4.74 Å². The van der Waals surface area contributed by atoms with E-state index in [0.717, 1.165) is 84.6 Å². The van der Waals surface area contributed by atoms with Crippen LogP contribution >= 0.6 is 0 Å².